The van der Waals surface area contributed by atoms with E-state index in [1.54, 1.807) is 11.6 Å². The van der Waals surface area contributed by atoms with E-state index in [1.807, 2.05) is 37.3 Å². The highest BCUT2D eigenvalue weighted by Crippen LogP contribution is 2.24. The predicted molar refractivity (Wildman–Crippen MR) is 76.9 cm³/mol. The summed E-state index contributed by atoms with van der Waals surface area (Å²) >= 11 is 0. The van der Waals surface area contributed by atoms with Gasteiger partial charge in [0.15, 0.2) is 0 Å². The quantitative estimate of drug-likeness (QED) is 0.790. The van der Waals surface area contributed by atoms with Crippen LogP contribution in [0.5, 0.6) is 0 Å². The van der Waals surface area contributed by atoms with Crippen LogP contribution in [0, 0.1) is 6.92 Å². The molecule has 0 bridgehead atoms. The van der Waals surface area contributed by atoms with Gasteiger partial charge in [-0.2, -0.15) is 5.10 Å². The number of aliphatic hydroxyl groups is 1. The summed E-state index contributed by atoms with van der Waals surface area (Å²) in [6.45, 7) is 3.54. The fourth-order valence-electron chi connectivity index (χ4n) is 2.03. The third-order valence-corrected chi connectivity index (χ3v) is 2.95. The largest absolute Gasteiger partial charge is 0.393 e. The third kappa shape index (κ3) is 2.97. The predicted octanol–water partition coefficient (Wildman–Crippen LogP) is 1.59. The third-order valence-electron chi connectivity index (χ3n) is 2.95. The molecule has 0 saturated carbocycles. The van der Waals surface area contributed by atoms with Gasteiger partial charge in [-0.15, -0.1) is 0 Å². The average molecular weight is 274 g/mol. The lowest BCUT2D eigenvalue weighted by Gasteiger charge is -2.07. The van der Waals surface area contributed by atoms with Crippen LogP contribution >= 0.6 is 0 Å². The molecule has 106 valence electrons. The average Bonchev–Trinajstić information content (AvgIpc) is 2.68. The molecule has 0 aliphatic heterocycles. The summed E-state index contributed by atoms with van der Waals surface area (Å²) in [5.41, 5.74) is 7.56. The Morgan fingerprint density at radius 2 is 2.10 bits per heavy atom. The minimum absolute atomic E-state index is 0.416. The first-order valence-corrected chi connectivity index (χ1v) is 6.37. The molecule has 2 aromatic rings. The molecule has 1 aromatic carbocycles. The molecule has 1 heterocycles. The topological polar surface area (TPSA) is 93.2 Å². The molecule has 4 N–H and O–H groups in total. The molecule has 1 aromatic heterocycles. The zero-order chi connectivity index (χ0) is 14.7. The summed E-state index contributed by atoms with van der Waals surface area (Å²) < 4.78 is 1.62. The van der Waals surface area contributed by atoms with E-state index in [-0.39, 0.29) is 0 Å². The van der Waals surface area contributed by atoms with E-state index in [0.29, 0.717) is 12.2 Å². The SMILES string of the molecule is Cc1c(CC(C)O)nn(-c2ccccc2)c1NC(N)=O. The maximum Gasteiger partial charge on any atom is 0.317 e. The van der Waals surface area contributed by atoms with Crippen LogP contribution in [0.1, 0.15) is 18.2 Å². The second kappa shape index (κ2) is 5.75. The molecular formula is C14H18N4O2. The fourth-order valence-corrected chi connectivity index (χ4v) is 2.03. The molecule has 2 amide bonds. The Kier molecular flexibility index (Phi) is 4.05. The van der Waals surface area contributed by atoms with Crippen molar-refractivity contribution >= 4 is 11.8 Å². The second-order valence-corrected chi connectivity index (χ2v) is 4.71. The van der Waals surface area contributed by atoms with Crippen molar-refractivity contribution in [2.45, 2.75) is 26.4 Å². The second-order valence-electron chi connectivity index (χ2n) is 4.71. The minimum atomic E-state index is -0.645. The van der Waals surface area contributed by atoms with E-state index in [2.05, 4.69) is 10.4 Å². The number of hydrogen-bond acceptors (Lipinski definition) is 3. The molecule has 1 unspecified atom stereocenters. The molecule has 0 aliphatic rings. The highest BCUT2D eigenvalue weighted by Gasteiger charge is 2.17. The Hall–Kier alpha value is -2.34. The normalized spacial score (nSPS) is 12.2. The number of para-hydroxylation sites is 1. The molecule has 0 radical (unpaired) electrons. The molecule has 6 nitrogen and oxygen atoms in total. The van der Waals surface area contributed by atoms with Gasteiger partial charge in [-0.3, -0.25) is 5.32 Å². The van der Waals surface area contributed by atoms with E-state index < -0.39 is 12.1 Å². The molecule has 0 saturated heterocycles. The van der Waals surface area contributed by atoms with E-state index in [0.717, 1.165) is 16.9 Å². The number of nitrogens with two attached hydrogens (primary N) is 1. The summed E-state index contributed by atoms with van der Waals surface area (Å²) in [7, 11) is 0. The Bertz CT molecular complexity index is 605. The Morgan fingerprint density at radius 1 is 1.45 bits per heavy atom. The zero-order valence-electron chi connectivity index (χ0n) is 11.5. The number of hydrogen-bond donors (Lipinski definition) is 3. The maximum absolute atomic E-state index is 11.2. The van der Waals surface area contributed by atoms with Crippen molar-refractivity contribution in [1.29, 1.82) is 0 Å². The van der Waals surface area contributed by atoms with E-state index in [1.165, 1.54) is 0 Å². The summed E-state index contributed by atoms with van der Waals surface area (Å²) in [5, 5.41) is 16.6. The summed E-state index contributed by atoms with van der Waals surface area (Å²) in [6.07, 6.45) is -0.0895. The van der Waals surface area contributed by atoms with Crippen molar-refractivity contribution in [3.8, 4) is 5.69 Å². The first kappa shape index (κ1) is 14.1. The zero-order valence-corrected chi connectivity index (χ0v) is 11.5. The van der Waals surface area contributed by atoms with Crippen molar-refractivity contribution in [2.24, 2.45) is 5.73 Å². The van der Waals surface area contributed by atoms with E-state index in [9.17, 15) is 9.90 Å². The molecular weight excluding hydrogens is 256 g/mol. The van der Waals surface area contributed by atoms with Gasteiger partial charge in [0.05, 0.1) is 17.5 Å². The highest BCUT2D eigenvalue weighted by atomic mass is 16.3. The Morgan fingerprint density at radius 3 is 2.65 bits per heavy atom. The first-order valence-electron chi connectivity index (χ1n) is 6.37. The van der Waals surface area contributed by atoms with Gasteiger partial charge in [0.2, 0.25) is 0 Å². The van der Waals surface area contributed by atoms with Gasteiger partial charge >= 0.3 is 6.03 Å². The minimum Gasteiger partial charge on any atom is -0.393 e. The number of nitrogens with one attached hydrogen (secondary N) is 1. The maximum atomic E-state index is 11.2. The van der Waals surface area contributed by atoms with Gasteiger partial charge in [-0.25, -0.2) is 9.48 Å². The van der Waals surface area contributed by atoms with Crippen molar-refractivity contribution in [1.82, 2.24) is 9.78 Å². The number of primary amides is 1. The van der Waals surface area contributed by atoms with Crippen LogP contribution in [0.3, 0.4) is 0 Å². The number of aliphatic hydroxyl groups excluding tert-OH is 1. The van der Waals surface area contributed by atoms with Crippen LogP contribution in [-0.4, -0.2) is 27.0 Å². The standard InChI is InChI=1S/C14H18N4O2/c1-9(19)8-12-10(2)13(16-14(15)20)18(17-12)11-6-4-3-5-7-11/h3-7,9,19H,8H2,1-2H3,(H3,15,16,20). The summed E-state index contributed by atoms with van der Waals surface area (Å²) in [4.78, 5) is 11.2. The molecule has 20 heavy (non-hydrogen) atoms. The highest BCUT2D eigenvalue weighted by molar-refractivity contribution is 5.88. The fraction of sp³-hybridized carbons (Fsp3) is 0.286. The lowest BCUT2D eigenvalue weighted by molar-refractivity contribution is 0.194. The molecule has 0 fully saturated rings. The number of aromatic nitrogens is 2. The van der Waals surface area contributed by atoms with Gasteiger partial charge in [0, 0.05) is 12.0 Å². The number of urea groups is 1. The van der Waals surface area contributed by atoms with Gasteiger partial charge in [0.25, 0.3) is 0 Å². The number of benzene rings is 1. The monoisotopic (exact) mass is 274 g/mol. The molecule has 1 atom stereocenters. The van der Waals surface area contributed by atoms with Crippen LogP contribution in [0.25, 0.3) is 5.69 Å². The van der Waals surface area contributed by atoms with E-state index >= 15 is 0 Å². The molecule has 2 rings (SSSR count). The molecule has 6 heteroatoms. The Balaban J connectivity index is 2.51. The lowest BCUT2D eigenvalue weighted by atomic mass is 10.1. The number of rotatable bonds is 4. The van der Waals surface area contributed by atoms with Crippen LogP contribution < -0.4 is 11.1 Å². The van der Waals surface area contributed by atoms with Crippen LogP contribution in [0.2, 0.25) is 0 Å². The first-order chi connectivity index (χ1) is 9.49. The van der Waals surface area contributed by atoms with Crippen molar-refractivity contribution in [3.63, 3.8) is 0 Å². The van der Waals surface area contributed by atoms with E-state index in [4.69, 9.17) is 5.73 Å². The summed E-state index contributed by atoms with van der Waals surface area (Å²) in [6, 6.07) is 8.78. The number of carbonyl (C=O) groups excluding carboxylic acids is 1. The van der Waals surface area contributed by atoms with Gasteiger partial charge in [0.1, 0.15) is 5.82 Å². The smallest absolute Gasteiger partial charge is 0.317 e. The molecule has 0 aliphatic carbocycles. The molecule has 0 spiro atoms. The van der Waals surface area contributed by atoms with Gasteiger partial charge in [-0.05, 0) is 26.0 Å². The van der Waals surface area contributed by atoms with Gasteiger partial charge < -0.3 is 10.8 Å². The number of nitrogens with zero attached hydrogens (tertiary/aromatic N) is 2. The summed E-state index contributed by atoms with van der Waals surface area (Å²) in [5.74, 6) is 0.527. The van der Waals surface area contributed by atoms with Crippen LogP contribution in [0.15, 0.2) is 30.3 Å². The van der Waals surface area contributed by atoms with Crippen LogP contribution in [0.4, 0.5) is 10.6 Å². The van der Waals surface area contributed by atoms with Crippen molar-refractivity contribution in [3.05, 3.63) is 41.6 Å². The number of amides is 2. The van der Waals surface area contributed by atoms with Crippen LogP contribution in [-0.2, 0) is 6.42 Å². The van der Waals surface area contributed by atoms with Crippen molar-refractivity contribution < 1.29 is 9.90 Å². The number of anilines is 1. The van der Waals surface area contributed by atoms with Gasteiger partial charge in [-0.1, -0.05) is 18.2 Å². The lowest BCUT2D eigenvalue weighted by Crippen LogP contribution is -2.21. The Labute approximate surface area is 117 Å². The number of carbonyl (C=O) groups is 1. The van der Waals surface area contributed by atoms with Crippen molar-refractivity contribution in [2.75, 3.05) is 5.32 Å².